The fourth-order valence-corrected chi connectivity index (χ4v) is 0.652. The molecule has 0 saturated heterocycles. The van der Waals surface area contributed by atoms with Gasteiger partial charge in [-0.2, -0.15) is 0 Å². The van der Waals surface area contributed by atoms with Gasteiger partial charge in [-0.15, -0.1) is 13.2 Å². The summed E-state index contributed by atoms with van der Waals surface area (Å²) in [5.41, 5.74) is 0. The molecule has 0 radical (unpaired) electrons. The highest BCUT2D eigenvalue weighted by Crippen LogP contribution is 1.83. The van der Waals surface area contributed by atoms with Crippen molar-refractivity contribution in [1.82, 2.24) is 10.6 Å². The average Bonchev–Trinajstić information content (AvgIpc) is 2.09. The van der Waals surface area contributed by atoms with Crippen molar-refractivity contribution in [3.8, 4) is 0 Å². The number of hydrogen-bond donors (Lipinski definition) is 3. The second kappa shape index (κ2) is 6.97. The van der Waals surface area contributed by atoms with Crippen LogP contribution in [0.3, 0.4) is 0 Å². The van der Waals surface area contributed by atoms with E-state index in [1.165, 1.54) is 0 Å². The molecule has 0 spiro atoms. The number of carboxylic acid groups (broad SMARTS) is 1. The Hall–Kier alpha value is -1.71. The summed E-state index contributed by atoms with van der Waals surface area (Å²) in [5.74, 6) is -0.546. The third kappa shape index (κ3) is 6.68. The van der Waals surface area contributed by atoms with Gasteiger partial charge in [0.2, 0.25) is 0 Å². The van der Waals surface area contributed by atoms with Crippen LogP contribution in [0.2, 0.25) is 0 Å². The number of carboxylic acids is 1. The van der Waals surface area contributed by atoms with Crippen LogP contribution in [0, 0.1) is 0 Å². The van der Waals surface area contributed by atoms with Crippen molar-refractivity contribution in [3.05, 3.63) is 37.2 Å². The first kappa shape index (κ1) is 11.3. The Morgan fingerprint density at radius 2 is 1.69 bits per heavy atom. The molecule has 0 aromatic carbocycles. The molecule has 0 aromatic heterocycles. The fourth-order valence-electron chi connectivity index (χ4n) is 0.652. The van der Waals surface area contributed by atoms with Crippen molar-refractivity contribution in [2.75, 3.05) is 13.1 Å². The van der Waals surface area contributed by atoms with Crippen LogP contribution in [0.25, 0.3) is 0 Å². The minimum Gasteiger partial charge on any atom is -0.478 e. The van der Waals surface area contributed by atoms with Crippen LogP contribution in [-0.4, -0.2) is 24.2 Å². The molecule has 0 atom stereocenters. The summed E-state index contributed by atoms with van der Waals surface area (Å²) in [4.78, 5) is 10.3. The zero-order valence-corrected chi connectivity index (χ0v) is 7.42. The molecule has 13 heavy (non-hydrogen) atoms. The molecule has 0 heterocycles. The minimum absolute atomic E-state index is 0.451. The normalized spacial score (nSPS) is 8.31. The van der Waals surface area contributed by atoms with Crippen molar-refractivity contribution in [2.24, 2.45) is 0 Å². The van der Waals surface area contributed by atoms with Gasteiger partial charge in [0.15, 0.2) is 0 Å². The SMILES string of the molecule is C=CCNC(=CC(=O)O)NCC=C. The Kier molecular flexibility index (Phi) is 6.05. The van der Waals surface area contributed by atoms with Crippen molar-refractivity contribution in [2.45, 2.75) is 0 Å². The highest BCUT2D eigenvalue weighted by Gasteiger charge is 1.96. The average molecular weight is 182 g/mol. The topological polar surface area (TPSA) is 61.4 Å². The fraction of sp³-hybridized carbons (Fsp3) is 0.222. The van der Waals surface area contributed by atoms with Crippen molar-refractivity contribution in [1.29, 1.82) is 0 Å². The van der Waals surface area contributed by atoms with Crippen molar-refractivity contribution in [3.63, 3.8) is 0 Å². The van der Waals surface area contributed by atoms with E-state index in [0.29, 0.717) is 18.9 Å². The Morgan fingerprint density at radius 3 is 2.00 bits per heavy atom. The van der Waals surface area contributed by atoms with E-state index in [4.69, 9.17) is 5.11 Å². The second-order valence-corrected chi connectivity index (χ2v) is 2.24. The van der Waals surface area contributed by atoms with E-state index in [1.54, 1.807) is 12.2 Å². The van der Waals surface area contributed by atoms with Crippen molar-refractivity contribution < 1.29 is 9.90 Å². The largest absolute Gasteiger partial charge is 0.478 e. The molecule has 0 aromatic rings. The quantitative estimate of drug-likeness (QED) is 0.395. The monoisotopic (exact) mass is 182 g/mol. The van der Waals surface area contributed by atoms with Gasteiger partial charge in [0.05, 0.1) is 6.08 Å². The maximum absolute atomic E-state index is 10.3. The molecular weight excluding hydrogens is 168 g/mol. The molecule has 0 unspecified atom stereocenters. The summed E-state index contributed by atoms with van der Waals surface area (Å²) < 4.78 is 0. The third-order valence-corrected chi connectivity index (χ3v) is 1.14. The zero-order chi connectivity index (χ0) is 10.1. The Morgan fingerprint density at radius 1 is 1.23 bits per heavy atom. The molecule has 0 bridgehead atoms. The predicted octanol–water partition coefficient (Wildman–Crippen LogP) is 0.464. The number of nitrogens with one attached hydrogen (secondary N) is 2. The van der Waals surface area contributed by atoms with Crippen LogP contribution in [0.1, 0.15) is 0 Å². The smallest absolute Gasteiger partial charge is 0.331 e. The first-order chi connectivity index (χ1) is 6.20. The van der Waals surface area contributed by atoms with Crippen LogP contribution < -0.4 is 10.6 Å². The maximum atomic E-state index is 10.3. The van der Waals surface area contributed by atoms with E-state index >= 15 is 0 Å². The predicted molar refractivity (Wildman–Crippen MR) is 52.1 cm³/mol. The second-order valence-electron chi connectivity index (χ2n) is 2.24. The molecule has 0 rings (SSSR count). The van der Waals surface area contributed by atoms with E-state index in [2.05, 4.69) is 23.8 Å². The molecule has 3 N–H and O–H groups in total. The van der Waals surface area contributed by atoms with E-state index in [0.717, 1.165) is 6.08 Å². The van der Waals surface area contributed by atoms with Gasteiger partial charge in [-0.05, 0) is 0 Å². The Bertz CT molecular complexity index is 208. The first-order valence-electron chi connectivity index (χ1n) is 3.85. The van der Waals surface area contributed by atoms with Crippen LogP contribution in [-0.2, 0) is 4.79 Å². The van der Waals surface area contributed by atoms with E-state index in [9.17, 15) is 4.79 Å². The van der Waals surface area contributed by atoms with Gasteiger partial charge in [0.1, 0.15) is 5.82 Å². The summed E-state index contributed by atoms with van der Waals surface area (Å²) in [5, 5.41) is 14.2. The summed E-state index contributed by atoms with van der Waals surface area (Å²) in [6, 6.07) is 0. The Balaban J connectivity index is 4.08. The molecule has 0 aliphatic rings. The lowest BCUT2D eigenvalue weighted by Gasteiger charge is -2.09. The van der Waals surface area contributed by atoms with Crippen LogP contribution >= 0.6 is 0 Å². The molecule has 72 valence electrons. The molecule has 0 amide bonds. The summed E-state index contributed by atoms with van der Waals surface area (Å²) in [6.07, 6.45) is 4.35. The van der Waals surface area contributed by atoms with Crippen LogP contribution in [0.5, 0.6) is 0 Å². The van der Waals surface area contributed by atoms with Crippen molar-refractivity contribution >= 4 is 5.97 Å². The van der Waals surface area contributed by atoms with Gasteiger partial charge < -0.3 is 15.7 Å². The van der Waals surface area contributed by atoms with E-state index < -0.39 is 5.97 Å². The zero-order valence-electron chi connectivity index (χ0n) is 7.42. The number of aliphatic carboxylic acids is 1. The lowest BCUT2D eigenvalue weighted by atomic mass is 10.5. The molecular formula is C9H14N2O2. The lowest BCUT2D eigenvalue weighted by molar-refractivity contribution is -0.131. The standard InChI is InChI=1S/C9H14N2O2/c1-3-5-10-8(7-9(12)13)11-6-4-2/h3-4,7,10-11H,1-2,5-6H2,(H,12,13). The third-order valence-electron chi connectivity index (χ3n) is 1.14. The maximum Gasteiger partial charge on any atom is 0.331 e. The highest BCUT2D eigenvalue weighted by molar-refractivity contribution is 5.80. The Labute approximate surface area is 77.6 Å². The van der Waals surface area contributed by atoms with Gasteiger partial charge in [-0.25, -0.2) is 4.79 Å². The molecule has 4 nitrogen and oxygen atoms in total. The number of rotatable bonds is 7. The number of carbonyl (C=O) groups is 1. The summed E-state index contributed by atoms with van der Waals surface area (Å²) in [7, 11) is 0. The van der Waals surface area contributed by atoms with Gasteiger partial charge in [-0.3, -0.25) is 0 Å². The highest BCUT2D eigenvalue weighted by atomic mass is 16.4. The first-order valence-corrected chi connectivity index (χ1v) is 3.85. The van der Waals surface area contributed by atoms with Gasteiger partial charge in [0.25, 0.3) is 0 Å². The summed E-state index contributed by atoms with van der Waals surface area (Å²) in [6.45, 7) is 8.05. The number of hydrogen-bond acceptors (Lipinski definition) is 3. The van der Waals surface area contributed by atoms with E-state index in [-0.39, 0.29) is 0 Å². The van der Waals surface area contributed by atoms with Crippen LogP contribution in [0.4, 0.5) is 0 Å². The van der Waals surface area contributed by atoms with Gasteiger partial charge >= 0.3 is 5.97 Å². The molecule has 0 saturated carbocycles. The lowest BCUT2D eigenvalue weighted by Crippen LogP contribution is -2.27. The van der Waals surface area contributed by atoms with E-state index in [1.807, 2.05) is 0 Å². The van der Waals surface area contributed by atoms with Crippen LogP contribution in [0.15, 0.2) is 37.2 Å². The molecule has 0 aliphatic heterocycles. The molecule has 4 heteroatoms. The minimum atomic E-state index is -0.997. The molecule has 0 fully saturated rings. The van der Waals surface area contributed by atoms with Gasteiger partial charge in [-0.1, -0.05) is 12.2 Å². The molecule has 0 aliphatic carbocycles. The summed E-state index contributed by atoms with van der Waals surface area (Å²) >= 11 is 0. The van der Waals surface area contributed by atoms with Gasteiger partial charge in [0, 0.05) is 13.1 Å².